The molecule has 2 aromatic carbocycles. The number of benzene rings is 2. The molecule has 2 unspecified atom stereocenters. The van der Waals surface area contributed by atoms with Crippen molar-refractivity contribution in [3.05, 3.63) is 70.5 Å². The first-order valence-electron chi connectivity index (χ1n) is 9.66. The van der Waals surface area contributed by atoms with Gasteiger partial charge in [-0.2, -0.15) is 5.01 Å². The van der Waals surface area contributed by atoms with Crippen LogP contribution in [0, 0.1) is 17.7 Å². The van der Waals surface area contributed by atoms with Crippen molar-refractivity contribution in [1.82, 2.24) is 10.0 Å². The van der Waals surface area contributed by atoms with Gasteiger partial charge in [0.25, 0.3) is 17.7 Å². The summed E-state index contributed by atoms with van der Waals surface area (Å²) in [6, 6.07) is 12.4. The van der Waals surface area contributed by atoms with E-state index in [1.165, 1.54) is 18.2 Å². The lowest BCUT2D eigenvalue weighted by Crippen LogP contribution is -2.50. The summed E-state index contributed by atoms with van der Waals surface area (Å²) in [5, 5.41) is 2.18. The van der Waals surface area contributed by atoms with Crippen molar-refractivity contribution < 1.29 is 18.8 Å². The standard InChI is InChI=1S/C22H20ClFN2O3/c23-18-11-5-4-10-17(18)20(27)25(13-14-7-1-6-12-19(14)24)26-21(28)15-8-2-3-9-16(15)22(26)29/h1,4-7,10-12,15-16H,2-3,8-9,13H2. The normalized spacial score (nSPS) is 21.2. The van der Waals surface area contributed by atoms with Gasteiger partial charge >= 0.3 is 0 Å². The lowest BCUT2D eigenvalue weighted by molar-refractivity contribution is -0.155. The number of hydrogen-bond donors (Lipinski definition) is 0. The molecular weight excluding hydrogens is 395 g/mol. The zero-order valence-electron chi connectivity index (χ0n) is 15.7. The van der Waals surface area contributed by atoms with E-state index >= 15 is 0 Å². The van der Waals surface area contributed by atoms with E-state index in [-0.39, 0.29) is 22.7 Å². The number of carbonyl (C=O) groups excluding carboxylic acids is 3. The van der Waals surface area contributed by atoms with Crippen LogP contribution in [0.4, 0.5) is 4.39 Å². The molecular formula is C22H20ClFN2O3. The van der Waals surface area contributed by atoms with E-state index in [2.05, 4.69) is 0 Å². The molecule has 4 rings (SSSR count). The second kappa shape index (κ2) is 7.95. The number of rotatable bonds is 4. The van der Waals surface area contributed by atoms with E-state index in [4.69, 9.17) is 11.6 Å². The molecule has 0 bridgehead atoms. The van der Waals surface area contributed by atoms with E-state index in [0.29, 0.717) is 12.8 Å². The van der Waals surface area contributed by atoms with Crippen molar-refractivity contribution in [2.75, 3.05) is 0 Å². The fourth-order valence-corrected chi connectivity index (χ4v) is 4.39. The predicted molar refractivity (Wildman–Crippen MR) is 105 cm³/mol. The van der Waals surface area contributed by atoms with Crippen LogP contribution in [0.3, 0.4) is 0 Å². The minimum absolute atomic E-state index is 0.154. The molecule has 1 aliphatic carbocycles. The molecule has 0 aromatic heterocycles. The van der Waals surface area contributed by atoms with Gasteiger partial charge in [0.2, 0.25) is 0 Å². The third-order valence-corrected chi connectivity index (χ3v) is 6.01. The summed E-state index contributed by atoms with van der Waals surface area (Å²) in [6.07, 6.45) is 3.00. The Morgan fingerprint density at radius 3 is 2.21 bits per heavy atom. The topological polar surface area (TPSA) is 57.7 Å². The van der Waals surface area contributed by atoms with E-state index in [1.807, 2.05) is 0 Å². The number of amides is 3. The van der Waals surface area contributed by atoms with E-state index in [1.54, 1.807) is 30.3 Å². The highest BCUT2D eigenvalue weighted by atomic mass is 35.5. The van der Waals surface area contributed by atoms with Crippen LogP contribution in [0.15, 0.2) is 48.5 Å². The Bertz CT molecular complexity index is 956. The quantitative estimate of drug-likeness (QED) is 0.704. The Kier molecular flexibility index (Phi) is 5.37. The Balaban J connectivity index is 1.75. The minimum Gasteiger partial charge on any atom is -0.272 e. The Morgan fingerprint density at radius 2 is 1.59 bits per heavy atom. The van der Waals surface area contributed by atoms with Gasteiger partial charge in [-0.3, -0.25) is 14.4 Å². The highest BCUT2D eigenvalue weighted by Crippen LogP contribution is 2.39. The lowest BCUT2D eigenvalue weighted by Gasteiger charge is -2.31. The van der Waals surface area contributed by atoms with Crippen molar-refractivity contribution in [1.29, 1.82) is 0 Å². The molecule has 29 heavy (non-hydrogen) atoms. The molecule has 3 amide bonds. The zero-order chi connectivity index (χ0) is 20.5. The monoisotopic (exact) mass is 414 g/mol. The molecule has 1 saturated carbocycles. The van der Waals surface area contributed by atoms with E-state index < -0.39 is 35.4 Å². The average Bonchev–Trinajstić information content (AvgIpc) is 2.98. The first-order chi connectivity index (χ1) is 14.0. The molecule has 1 saturated heterocycles. The number of carbonyl (C=O) groups is 3. The van der Waals surface area contributed by atoms with Gasteiger partial charge in [0.1, 0.15) is 5.82 Å². The molecule has 1 heterocycles. The van der Waals surface area contributed by atoms with Gasteiger partial charge < -0.3 is 0 Å². The molecule has 0 N–H and O–H groups in total. The first-order valence-corrected chi connectivity index (χ1v) is 10.0. The Hall–Kier alpha value is -2.73. The summed E-state index contributed by atoms with van der Waals surface area (Å²) in [5.74, 6) is -2.75. The molecule has 1 aliphatic heterocycles. The van der Waals surface area contributed by atoms with Crippen LogP contribution >= 0.6 is 11.6 Å². The average molecular weight is 415 g/mol. The maximum Gasteiger partial charge on any atom is 0.274 e. The van der Waals surface area contributed by atoms with Crippen LogP contribution in [0.5, 0.6) is 0 Å². The molecule has 150 valence electrons. The fraction of sp³-hybridized carbons (Fsp3) is 0.318. The third kappa shape index (κ3) is 3.53. The Labute approximate surface area is 173 Å². The summed E-state index contributed by atoms with van der Waals surface area (Å²) < 4.78 is 14.3. The number of hydrazine groups is 1. The number of halogens is 2. The molecule has 2 atom stereocenters. The summed E-state index contributed by atoms with van der Waals surface area (Å²) in [5.41, 5.74) is 0.365. The summed E-state index contributed by atoms with van der Waals surface area (Å²) in [7, 11) is 0. The zero-order valence-corrected chi connectivity index (χ0v) is 16.4. The first kappa shape index (κ1) is 19.6. The second-order valence-electron chi connectivity index (χ2n) is 7.42. The van der Waals surface area contributed by atoms with Gasteiger partial charge in [-0.1, -0.05) is 54.8 Å². The number of hydrogen-bond acceptors (Lipinski definition) is 3. The van der Waals surface area contributed by atoms with Gasteiger partial charge in [-0.25, -0.2) is 9.40 Å². The van der Waals surface area contributed by atoms with Crippen LogP contribution in [0.2, 0.25) is 5.02 Å². The molecule has 0 radical (unpaired) electrons. The molecule has 2 aromatic rings. The predicted octanol–water partition coefficient (Wildman–Crippen LogP) is 4.21. The summed E-state index contributed by atoms with van der Waals surface area (Å²) in [6.45, 7) is -0.242. The molecule has 2 fully saturated rings. The van der Waals surface area contributed by atoms with Crippen molar-refractivity contribution >= 4 is 29.3 Å². The number of fused-ring (bicyclic) bond motifs is 1. The largest absolute Gasteiger partial charge is 0.274 e. The van der Waals surface area contributed by atoms with Crippen LogP contribution < -0.4 is 0 Å². The van der Waals surface area contributed by atoms with Gasteiger partial charge in [0, 0.05) is 5.56 Å². The van der Waals surface area contributed by atoms with Crippen LogP contribution in [0.1, 0.15) is 41.6 Å². The van der Waals surface area contributed by atoms with Gasteiger partial charge in [0.15, 0.2) is 0 Å². The molecule has 7 heteroatoms. The summed E-state index contributed by atoms with van der Waals surface area (Å²) >= 11 is 6.19. The smallest absolute Gasteiger partial charge is 0.272 e. The van der Waals surface area contributed by atoms with Crippen molar-refractivity contribution in [2.24, 2.45) is 11.8 Å². The SMILES string of the molecule is O=C(c1ccccc1Cl)N(Cc1ccccc1F)N1C(=O)C2CCCCC2C1=O. The third-order valence-electron chi connectivity index (χ3n) is 5.68. The van der Waals surface area contributed by atoms with Crippen LogP contribution in [-0.4, -0.2) is 27.7 Å². The highest BCUT2D eigenvalue weighted by Gasteiger charge is 2.51. The summed E-state index contributed by atoms with van der Waals surface area (Å²) in [4.78, 5) is 39.5. The number of nitrogens with zero attached hydrogens (tertiary/aromatic N) is 2. The second-order valence-corrected chi connectivity index (χ2v) is 7.83. The fourth-order valence-electron chi connectivity index (χ4n) is 4.18. The van der Waals surface area contributed by atoms with Crippen molar-refractivity contribution in [2.45, 2.75) is 32.2 Å². The van der Waals surface area contributed by atoms with Crippen molar-refractivity contribution in [3.63, 3.8) is 0 Å². The van der Waals surface area contributed by atoms with Gasteiger partial charge in [-0.15, -0.1) is 0 Å². The van der Waals surface area contributed by atoms with E-state index in [0.717, 1.165) is 22.9 Å². The van der Waals surface area contributed by atoms with Crippen LogP contribution in [-0.2, 0) is 16.1 Å². The number of imide groups is 1. The van der Waals surface area contributed by atoms with Gasteiger partial charge in [-0.05, 0) is 31.0 Å². The van der Waals surface area contributed by atoms with Crippen molar-refractivity contribution in [3.8, 4) is 0 Å². The minimum atomic E-state index is -0.612. The van der Waals surface area contributed by atoms with Crippen LogP contribution in [0.25, 0.3) is 0 Å². The molecule has 0 spiro atoms. The maximum absolute atomic E-state index is 14.3. The maximum atomic E-state index is 14.3. The lowest BCUT2D eigenvalue weighted by atomic mass is 9.81. The molecule has 5 nitrogen and oxygen atoms in total. The van der Waals surface area contributed by atoms with E-state index in [9.17, 15) is 18.8 Å². The Morgan fingerprint density at radius 1 is 1.00 bits per heavy atom. The highest BCUT2D eigenvalue weighted by molar-refractivity contribution is 6.33. The molecule has 2 aliphatic rings. The van der Waals surface area contributed by atoms with Gasteiger partial charge in [0.05, 0.1) is 29.0 Å².